The fraction of sp³-hybridized carbons (Fsp3) is 0.533. The van der Waals surface area contributed by atoms with E-state index in [0.29, 0.717) is 19.1 Å². The molecule has 2 amide bonds. The van der Waals surface area contributed by atoms with E-state index < -0.39 is 0 Å². The van der Waals surface area contributed by atoms with Gasteiger partial charge in [-0.2, -0.15) is 0 Å². The summed E-state index contributed by atoms with van der Waals surface area (Å²) in [5, 5.41) is 2.99. The second-order valence-electron chi connectivity index (χ2n) is 5.79. The molecular formula is C15H19N3O3. The zero-order chi connectivity index (χ0) is 14.8. The molecule has 0 bridgehead atoms. The normalized spacial score (nSPS) is 21.9. The minimum absolute atomic E-state index is 0.0389. The number of piperidine rings is 1. The fourth-order valence-electron chi connectivity index (χ4n) is 2.68. The maximum atomic E-state index is 12.4. The van der Waals surface area contributed by atoms with Gasteiger partial charge in [0.25, 0.3) is 11.5 Å². The Hall–Kier alpha value is -2.11. The highest BCUT2D eigenvalue weighted by Crippen LogP contribution is 2.22. The zero-order valence-electron chi connectivity index (χ0n) is 11.8. The first kappa shape index (κ1) is 13.9. The molecule has 3 rings (SSSR count). The molecule has 21 heavy (non-hydrogen) atoms. The van der Waals surface area contributed by atoms with Crippen LogP contribution in [0.2, 0.25) is 0 Å². The Morgan fingerprint density at radius 2 is 2.10 bits per heavy atom. The van der Waals surface area contributed by atoms with Crippen molar-refractivity contribution in [2.45, 2.75) is 31.7 Å². The lowest BCUT2D eigenvalue weighted by molar-refractivity contribution is -0.126. The van der Waals surface area contributed by atoms with E-state index in [1.165, 1.54) is 12.3 Å². The number of pyridine rings is 1. The average Bonchev–Trinajstić information content (AvgIpc) is 3.31. The summed E-state index contributed by atoms with van der Waals surface area (Å²) in [5.41, 5.74) is -0.243. The number of H-pyrrole nitrogens is 1. The SMILES string of the molecule is O=C(NC1CC1)[C@H]1CCCN(C(=O)c2ccc[nH]c2=O)C1. The molecule has 2 N–H and O–H groups in total. The average molecular weight is 289 g/mol. The topological polar surface area (TPSA) is 82.3 Å². The zero-order valence-corrected chi connectivity index (χ0v) is 11.8. The molecule has 1 aliphatic carbocycles. The highest BCUT2D eigenvalue weighted by Gasteiger charge is 2.32. The molecule has 6 heteroatoms. The Kier molecular flexibility index (Phi) is 3.77. The number of aromatic amines is 1. The first-order valence-corrected chi connectivity index (χ1v) is 7.42. The van der Waals surface area contributed by atoms with Crippen LogP contribution < -0.4 is 10.9 Å². The minimum Gasteiger partial charge on any atom is -0.353 e. The third-order valence-corrected chi connectivity index (χ3v) is 4.05. The molecule has 112 valence electrons. The summed E-state index contributed by atoms with van der Waals surface area (Å²) < 4.78 is 0. The quantitative estimate of drug-likeness (QED) is 0.850. The van der Waals surface area contributed by atoms with E-state index in [1.54, 1.807) is 11.0 Å². The van der Waals surface area contributed by atoms with Crippen LogP contribution in [0.1, 0.15) is 36.0 Å². The minimum atomic E-state index is -0.382. The molecule has 2 aliphatic rings. The van der Waals surface area contributed by atoms with Gasteiger partial charge < -0.3 is 15.2 Å². The predicted octanol–water partition coefficient (Wildman–Crippen LogP) is 0.506. The number of rotatable bonds is 3. The Bertz CT molecular complexity index is 606. The van der Waals surface area contributed by atoms with Crippen LogP contribution in [0.15, 0.2) is 23.1 Å². The predicted molar refractivity (Wildman–Crippen MR) is 76.9 cm³/mol. The number of nitrogens with zero attached hydrogens (tertiary/aromatic N) is 1. The van der Waals surface area contributed by atoms with Crippen LogP contribution in [0, 0.1) is 5.92 Å². The number of hydrogen-bond donors (Lipinski definition) is 2. The van der Waals surface area contributed by atoms with Crippen LogP contribution in [0.4, 0.5) is 0 Å². The number of carbonyl (C=O) groups excluding carboxylic acids is 2. The molecule has 2 heterocycles. The number of carbonyl (C=O) groups is 2. The van der Waals surface area contributed by atoms with Gasteiger partial charge >= 0.3 is 0 Å². The maximum Gasteiger partial charge on any atom is 0.260 e. The van der Waals surface area contributed by atoms with Gasteiger partial charge in [-0.15, -0.1) is 0 Å². The van der Waals surface area contributed by atoms with Crippen molar-refractivity contribution in [3.05, 3.63) is 34.2 Å². The van der Waals surface area contributed by atoms with E-state index in [4.69, 9.17) is 0 Å². The van der Waals surface area contributed by atoms with E-state index in [9.17, 15) is 14.4 Å². The van der Waals surface area contributed by atoms with Crippen LogP contribution in [0.5, 0.6) is 0 Å². The van der Waals surface area contributed by atoms with E-state index >= 15 is 0 Å². The maximum absolute atomic E-state index is 12.4. The lowest BCUT2D eigenvalue weighted by Gasteiger charge is -2.32. The van der Waals surface area contributed by atoms with Gasteiger partial charge in [-0.1, -0.05) is 0 Å². The molecule has 1 aliphatic heterocycles. The van der Waals surface area contributed by atoms with Crippen molar-refractivity contribution < 1.29 is 9.59 Å². The van der Waals surface area contributed by atoms with Crippen molar-refractivity contribution in [1.29, 1.82) is 0 Å². The molecular weight excluding hydrogens is 270 g/mol. The van der Waals surface area contributed by atoms with Gasteiger partial charge in [0.2, 0.25) is 5.91 Å². The number of aromatic nitrogens is 1. The summed E-state index contributed by atoms with van der Waals surface area (Å²) >= 11 is 0. The molecule has 6 nitrogen and oxygen atoms in total. The number of likely N-dealkylation sites (tertiary alicyclic amines) is 1. The van der Waals surface area contributed by atoms with Crippen molar-refractivity contribution in [2.24, 2.45) is 5.92 Å². The first-order chi connectivity index (χ1) is 10.1. The monoisotopic (exact) mass is 289 g/mol. The molecule has 1 aromatic rings. The van der Waals surface area contributed by atoms with Gasteiger partial charge in [0.15, 0.2) is 0 Å². The number of amides is 2. The van der Waals surface area contributed by atoms with E-state index in [-0.39, 0.29) is 28.9 Å². The van der Waals surface area contributed by atoms with Gasteiger partial charge in [0.05, 0.1) is 5.92 Å². The first-order valence-electron chi connectivity index (χ1n) is 7.42. The smallest absolute Gasteiger partial charge is 0.260 e. The number of hydrogen-bond acceptors (Lipinski definition) is 3. The van der Waals surface area contributed by atoms with Gasteiger partial charge in [-0.05, 0) is 37.8 Å². The van der Waals surface area contributed by atoms with Crippen LogP contribution in [0.3, 0.4) is 0 Å². The lowest BCUT2D eigenvalue weighted by atomic mass is 9.96. The summed E-state index contributed by atoms with van der Waals surface area (Å²) in [6.07, 6.45) is 5.20. The molecule has 1 aromatic heterocycles. The van der Waals surface area contributed by atoms with Gasteiger partial charge in [-0.3, -0.25) is 14.4 Å². The molecule has 0 unspecified atom stereocenters. The standard InChI is InChI=1S/C15H19N3O3/c19-13(17-11-5-6-11)10-3-2-8-18(9-10)15(21)12-4-1-7-16-14(12)20/h1,4,7,10-11H,2-3,5-6,8-9H2,(H,16,20)(H,17,19)/t10-/m0/s1. The second kappa shape index (κ2) is 5.71. The van der Waals surface area contributed by atoms with Gasteiger partial charge in [-0.25, -0.2) is 0 Å². The molecule has 2 fully saturated rings. The Balaban J connectivity index is 1.67. The molecule has 0 radical (unpaired) electrons. The van der Waals surface area contributed by atoms with Crippen LogP contribution in [-0.2, 0) is 4.79 Å². The van der Waals surface area contributed by atoms with Crippen LogP contribution in [-0.4, -0.2) is 40.8 Å². The van der Waals surface area contributed by atoms with Gasteiger partial charge in [0.1, 0.15) is 5.56 Å². The Labute approximate surface area is 122 Å². The van der Waals surface area contributed by atoms with Crippen molar-refractivity contribution >= 4 is 11.8 Å². The summed E-state index contributed by atoms with van der Waals surface area (Å²) in [6.45, 7) is 0.992. The number of nitrogens with one attached hydrogen (secondary N) is 2. The molecule has 0 spiro atoms. The van der Waals surface area contributed by atoms with Crippen molar-refractivity contribution in [1.82, 2.24) is 15.2 Å². The third-order valence-electron chi connectivity index (χ3n) is 4.05. The molecule has 1 saturated carbocycles. The van der Waals surface area contributed by atoms with Crippen molar-refractivity contribution in [2.75, 3.05) is 13.1 Å². The van der Waals surface area contributed by atoms with E-state index in [1.807, 2.05) is 0 Å². The molecule has 1 atom stereocenters. The summed E-state index contributed by atoms with van der Waals surface area (Å²) in [4.78, 5) is 40.3. The lowest BCUT2D eigenvalue weighted by Crippen LogP contribution is -2.46. The van der Waals surface area contributed by atoms with Crippen molar-refractivity contribution in [3.8, 4) is 0 Å². The highest BCUT2D eigenvalue weighted by atomic mass is 16.2. The van der Waals surface area contributed by atoms with E-state index in [0.717, 1.165) is 25.7 Å². The Morgan fingerprint density at radius 3 is 2.81 bits per heavy atom. The van der Waals surface area contributed by atoms with Gasteiger partial charge in [0, 0.05) is 25.3 Å². The van der Waals surface area contributed by atoms with Crippen molar-refractivity contribution in [3.63, 3.8) is 0 Å². The van der Waals surface area contributed by atoms with Crippen LogP contribution >= 0.6 is 0 Å². The summed E-state index contributed by atoms with van der Waals surface area (Å²) in [6, 6.07) is 3.49. The fourth-order valence-corrected chi connectivity index (χ4v) is 2.68. The Morgan fingerprint density at radius 1 is 1.29 bits per heavy atom. The molecule has 1 saturated heterocycles. The third kappa shape index (κ3) is 3.15. The summed E-state index contributed by atoms with van der Waals surface area (Å²) in [7, 11) is 0. The van der Waals surface area contributed by atoms with E-state index in [2.05, 4.69) is 10.3 Å². The second-order valence-corrected chi connectivity index (χ2v) is 5.79. The molecule has 0 aromatic carbocycles. The largest absolute Gasteiger partial charge is 0.353 e. The summed E-state index contributed by atoms with van der Waals surface area (Å²) in [5.74, 6) is -0.413. The van der Waals surface area contributed by atoms with Crippen LogP contribution in [0.25, 0.3) is 0 Å². The highest BCUT2D eigenvalue weighted by molar-refractivity contribution is 5.94.